The lowest BCUT2D eigenvalue weighted by molar-refractivity contribution is -0.0592. The molecule has 0 spiro atoms. The molecule has 2 aromatic heterocycles. The third-order valence-corrected chi connectivity index (χ3v) is 9.16. The number of piperidine rings is 1. The van der Waals surface area contributed by atoms with Crippen LogP contribution in [-0.2, 0) is 24.2 Å². The van der Waals surface area contributed by atoms with E-state index in [2.05, 4.69) is 21.6 Å². The van der Waals surface area contributed by atoms with E-state index in [0.717, 1.165) is 80.8 Å². The van der Waals surface area contributed by atoms with E-state index >= 15 is 0 Å². The fourth-order valence-electron chi connectivity index (χ4n) is 6.68. The number of nitrogens with zero attached hydrogens (tertiary/aromatic N) is 5. The van der Waals surface area contributed by atoms with Crippen LogP contribution >= 0.6 is 0 Å². The second kappa shape index (κ2) is 11.8. The van der Waals surface area contributed by atoms with E-state index < -0.39 is 5.97 Å². The highest BCUT2D eigenvalue weighted by Gasteiger charge is 2.27. The first-order valence-corrected chi connectivity index (χ1v) is 15.3. The van der Waals surface area contributed by atoms with Crippen molar-refractivity contribution in [2.75, 3.05) is 19.7 Å². The predicted molar refractivity (Wildman–Crippen MR) is 160 cm³/mol. The fourth-order valence-corrected chi connectivity index (χ4v) is 6.68. The van der Waals surface area contributed by atoms with Crippen LogP contribution in [0.25, 0.3) is 11.0 Å². The van der Waals surface area contributed by atoms with Crippen LogP contribution in [0.5, 0.6) is 5.88 Å². The molecule has 43 heavy (non-hydrogen) atoms. The van der Waals surface area contributed by atoms with Crippen molar-refractivity contribution >= 4 is 17.0 Å². The number of fused-ring (bicyclic) bond motifs is 2. The van der Waals surface area contributed by atoms with Crippen LogP contribution in [0, 0.1) is 11.3 Å². The number of hydrogen-bond acceptors (Lipinski definition) is 7. The first-order valence-electron chi connectivity index (χ1n) is 15.3. The molecule has 0 amide bonds. The number of carboxylic acid groups (broad SMARTS) is 1. The summed E-state index contributed by atoms with van der Waals surface area (Å²) in [5.74, 6) is 1.04. The summed E-state index contributed by atoms with van der Waals surface area (Å²) in [6.45, 7) is 4.03. The molecule has 220 valence electrons. The van der Waals surface area contributed by atoms with Crippen molar-refractivity contribution in [3.05, 3.63) is 88.4 Å². The molecule has 1 unspecified atom stereocenters. The normalized spacial score (nSPS) is 20.7. The summed E-state index contributed by atoms with van der Waals surface area (Å²) in [7, 11) is 0. The maximum Gasteiger partial charge on any atom is 0.335 e. The quantitative estimate of drug-likeness (QED) is 0.287. The second-order valence-electron chi connectivity index (χ2n) is 11.9. The number of aromatic carboxylic acids is 1. The van der Waals surface area contributed by atoms with Crippen LogP contribution in [0.1, 0.15) is 82.7 Å². The van der Waals surface area contributed by atoms with Crippen LogP contribution in [0.2, 0.25) is 0 Å². The Balaban J connectivity index is 1.02. The van der Waals surface area contributed by atoms with Crippen molar-refractivity contribution in [3.8, 4) is 11.9 Å². The second-order valence-corrected chi connectivity index (χ2v) is 11.9. The smallest absolute Gasteiger partial charge is 0.335 e. The van der Waals surface area contributed by atoms with Crippen molar-refractivity contribution in [1.82, 2.24) is 19.4 Å². The molecule has 4 aromatic rings. The highest BCUT2D eigenvalue weighted by atomic mass is 16.5. The molecule has 2 aliphatic heterocycles. The highest BCUT2D eigenvalue weighted by molar-refractivity contribution is 5.92. The Bertz CT molecular complexity index is 1700. The van der Waals surface area contributed by atoms with Gasteiger partial charge in [-0.05, 0) is 99.1 Å². The highest BCUT2D eigenvalue weighted by Crippen LogP contribution is 2.35. The summed E-state index contributed by atoms with van der Waals surface area (Å²) in [6, 6.07) is 19.4. The van der Waals surface area contributed by atoms with Crippen LogP contribution in [-0.4, -0.2) is 56.3 Å². The Morgan fingerprint density at radius 3 is 2.70 bits per heavy atom. The summed E-state index contributed by atoms with van der Waals surface area (Å²) in [5.41, 5.74) is 6.09. The van der Waals surface area contributed by atoms with E-state index in [1.807, 2.05) is 36.4 Å². The number of hydrogen-bond donors (Lipinski definition) is 1. The molecular weight excluding hydrogens is 542 g/mol. The van der Waals surface area contributed by atoms with Gasteiger partial charge in [0.1, 0.15) is 11.9 Å². The van der Waals surface area contributed by atoms with Gasteiger partial charge in [0.25, 0.3) is 0 Å². The van der Waals surface area contributed by atoms with Crippen LogP contribution in [0.3, 0.4) is 0 Å². The summed E-state index contributed by atoms with van der Waals surface area (Å²) in [5, 5.41) is 18.8. The Kier molecular flexibility index (Phi) is 7.56. The first kappa shape index (κ1) is 27.6. The average Bonchev–Trinajstić information content (AvgIpc) is 3.35. The van der Waals surface area contributed by atoms with Crippen LogP contribution < -0.4 is 4.74 Å². The number of likely N-dealkylation sites (tertiary alicyclic amines) is 1. The largest absolute Gasteiger partial charge is 0.478 e. The number of carboxylic acids is 1. The monoisotopic (exact) mass is 577 g/mol. The lowest BCUT2D eigenvalue weighted by Gasteiger charge is -2.32. The topological polar surface area (TPSA) is 114 Å². The zero-order chi connectivity index (χ0) is 29.3. The third kappa shape index (κ3) is 5.73. The van der Waals surface area contributed by atoms with Crippen molar-refractivity contribution in [3.63, 3.8) is 0 Å². The Morgan fingerprint density at radius 2 is 1.93 bits per heavy atom. The lowest BCUT2D eigenvalue weighted by atomic mass is 9.88. The molecule has 9 nitrogen and oxygen atoms in total. The summed E-state index contributed by atoms with van der Waals surface area (Å²) < 4.78 is 14.3. The van der Waals surface area contributed by atoms with Gasteiger partial charge in [-0.2, -0.15) is 5.26 Å². The van der Waals surface area contributed by atoms with E-state index in [1.54, 1.807) is 12.1 Å². The number of benzene rings is 2. The van der Waals surface area contributed by atoms with Gasteiger partial charge in [0, 0.05) is 24.3 Å². The predicted octanol–water partition coefficient (Wildman–Crippen LogP) is 5.63. The van der Waals surface area contributed by atoms with E-state index in [-0.39, 0.29) is 17.8 Å². The number of imidazole rings is 1. The fraction of sp³-hybridized carbons (Fsp3) is 0.412. The molecule has 7 rings (SSSR count). The zero-order valence-electron chi connectivity index (χ0n) is 24.1. The number of nitriles is 1. The summed E-state index contributed by atoms with van der Waals surface area (Å²) in [6.07, 6.45) is 6.05. The molecule has 2 saturated heterocycles. The van der Waals surface area contributed by atoms with Gasteiger partial charge in [-0.15, -0.1) is 0 Å². The van der Waals surface area contributed by atoms with Gasteiger partial charge in [0.15, 0.2) is 0 Å². The number of carbonyl (C=O) groups is 1. The lowest BCUT2D eigenvalue weighted by Crippen LogP contribution is -2.35. The van der Waals surface area contributed by atoms with Gasteiger partial charge >= 0.3 is 5.97 Å². The Labute approximate surface area is 250 Å². The van der Waals surface area contributed by atoms with Gasteiger partial charge in [0.2, 0.25) is 5.88 Å². The molecule has 2 fully saturated rings. The Morgan fingerprint density at radius 1 is 1.07 bits per heavy atom. The minimum atomic E-state index is -0.931. The molecule has 9 heteroatoms. The van der Waals surface area contributed by atoms with E-state index in [0.29, 0.717) is 30.5 Å². The average molecular weight is 578 g/mol. The molecule has 2 aromatic carbocycles. The van der Waals surface area contributed by atoms with Crippen molar-refractivity contribution < 1.29 is 19.4 Å². The zero-order valence-corrected chi connectivity index (χ0v) is 24.1. The van der Waals surface area contributed by atoms with Crippen LogP contribution in [0.4, 0.5) is 0 Å². The molecule has 0 bridgehead atoms. The van der Waals surface area contributed by atoms with Gasteiger partial charge in [-0.3, -0.25) is 4.90 Å². The molecule has 3 aliphatic rings. The maximum atomic E-state index is 11.6. The van der Waals surface area contributed by atoms with Crippen molar-refractivity contribution in [2.45, 2.75) is 69.7 Å². The molecule has 0 saturated carbocycles. The first-order chi connectivity index (χ1) is 21.0. The molecule has 1 aliphatic carbocycles. The third-order valence-electron chi connectivity index (χ3n) is 9.16. The SMILES string of the molecule is N#Cc1ccc2c(c1)CCC[C@@H]2Oc1cccc(C2CCN(Cc3nc4ccc(C(=O)O)cc4n3CC3CCO3)CC2)n1. The van der Waals surface area contributed by atoms with Gasteiger partial charge in [-0.25, -0.2) is 14.8 Å². The molecule has 4 heterocycles. The standard InChI is InChI=1S/C34H35N5O4/c35-19-22-7-9-27-24(17-22)3-1-5-31(27)43-33-6-2-4-28(37-33)23-11-14-38(15-12-23)21-32-36-29-10-8-25(34(40)41)18-30(29)39(32)20-26-13-16-42-26/h2,4,6-10,17-18,23,26,31H,1,3,5,11-16,20-21H2,(H,40,41)/t26?,31-/m0/s1. The van der Waals surface area contributed by atoms with Crippen molar-refractivity contribution in [2.24, 2.45) is 0 Å². The minimum absolute atomic E-state index is 0.0442. The maximum absolute atomic E-state index is 11.6. The van der Waals surface area contributed by atoms with Crippen LogP contribution in [0.15, 0.2) is 54.6 Å². The number of rotatable bonds is 8. The van der Waals surface area contributed by atoms with Crippen molar-refractivity contribution in [1.29, 1.82) is 5.26 Å². The van der Waals surface area contributed by atoms with Gasteiger partial charge in [0.05, 0.1) is 47.4 Å². The molecule has 0 radical (unpaired) electrons. The summed E-state index contributed by atoms with van der Waals surface area (Å²) in [4.78, 5) is 23.9. The number of pyridine rings is 1. The van der Waals surface area contributed by atoms with Gasteiger partial charge < -0.3 is 19.1 Å². The van der Waals surface area contributed by atoms with E-state index in [4.69, 9.17) is 19.4 Å². The van der Waals surface area contributed by atoms with E-state index in [9.17, 15) is 15.2 Å². The molecule has 2 atom stereocenters. The molecular formula is C34H35N5O4. The number of ether oxygens (including phenoxy) is 2. The summed E-state index contributed by atoms with van der Waals surface area (Å²) >= 11 is 0. The Hall–Kier alpha value is -4.26. The molecule has 1 N–H and O–H groups in total. The number of aromatic nitrogens is 3. The minimum Gasteiger partial charge on any atom is -0.478 e. The number of aryl methyl sites for hydroxylation is 1. The van der Waals surface area contributed by atoms with E-state index in [1.165, 1.54) is 11.1 Å². The van der Waals surface area contributed by atoms with Gasteiger partial charge in [-0.1, -0.05) is 12.1 Å².